The van der Waals surface area contributed by atoms with Crippen molar-refractivity contribution in [1.29, 1.82) is 0 Å². The molecule has 1 aromatic heterocycles. The van der Waals surface area contributed by atoms with Gasteiger partial charge in [0.05, 0.1) is 28.8 Å². The van der Waals surface area contributed by atoms with Crippen LogP contribution in [-0.2, 0) is 18.0 Å². The van der Waals surface area contributed by atoms with Gasteiger partial charge in [0.25, 0.3) is 5.56 Å². The molecule has 1 aromatic carbocycles. The van der Waals surface area contributed by atoms with E-state index in [1.165, 1.54) is 10.6 Å². The van der Waals surface area contributed by atoms with E-state index in [9.17, 15) is 18.5 Å². The fourth-order valence-electron chi connectivity index (χ4n) is 3.28. The predicted octanol–water partition coefficient (Wildman–Crippen LogP) is 2.24. The molecule has 1 heterocycles. The summed E-state index contributed by atoms with van der Waals surface area (Å²) in [6.45, 7) is 3.03. The van der Waals surface area contributed by atoms with Gasteiger partial charge in [0, 0.05) is 12.6 Å². The van der Waals surface area contributed by atoms with Crippen molar-refractivity contribution in [3.63, 3.8) is 0 Å². The SMILES string of the molecule is Cc1ccc(Nc2c(NS(=O)C3(CC(O)CO)CC3)cc(C)c(=O)n2C)c(F)c1. The van der Waals surface area contributed by atoms with Crippen molar-refractivity contribution in [2.75, 3.05) is 16.6 Å². The molecule has 0 amide bonds. The molecular weight excluding hydrogens is 397 g/mol. The van der Waals surface area contributed by atoms with Gasteiger partial charge in [-0.05, 0) is 56.9 Å². The van der Waals surface area contributed by atoms with Gasteiger partial charge in [-0.1, -0.05) is 6.07 Å². The summed E-state index contributed by atoms with van der Waals surface area (Å²) in [6, 6.07) is 6.29. The summed E-state index contributed by atoms with van der Waals surface area (Å²) in [5.41, 5.74) is 1.55. The number of aryl methyl sites for hydroxylation is 2. The minimum atomic E-state index is -1.56. The molecule has 0 aliphatic heterocycles. The highest BCUT2D eigenvalue weighted by Gasteiger charge is 2.50. The molecule has 2 aromatic rings. The Kier molecular flexibility index (Phi) is 6.11. The van der Waals surface area contributed by atoms with Gasteiger partial charge in [-0.15, -0.1) is 0 Å². The number of nitrogens with zero attached hydrogens (tertiary/aromatic N) is 1. The summed E-state index contributed by atoms with van der Waals surface area (Å²) in [5.74, 6) is -0.176. The van der Waals surface area contributed by atoms with E-state index in [1.807, 2.05) is 0 Å². The second-order valence-electron chi connectivity index (χ2n) is 7.66. The fourth-order valence-corrected chi connectivity index (χ4v) is 4.67. The average Bonchev–Trinajstić information content (AvgIpc) is 3.45. The van der Waals surface area contributed by atoms with Crippen LogP contribution in [0.2, 0.25) is 0 Å². The van der Waals surface area contributed by atoms with Crippen LogP contribution in [0.1, 0.15) is 30.4 Å². The Bertz CT molecular complexity index is 1000. The molecule has 1 saturated carbocycles. The number of nitrogens with one attached hydrogen (secondary N) is 2. The molecule has 2 atom stereocenters. The second-order valence-corrected chi connectivity index (χ2v) is 9.26. The number of rotatable bonds is 8. The van der Waals surface area contributed by atoms with Gasteiger partial charge in [-0.3, -0.25) is 9.36 Å². The zero-order valence-electron chi connectivity index (χ0n) is 16.7. The number of aliphatic hydroxyl groups excluding tert-OH is 2. The lowest BCUT2D eigenvalue weighted by Crippen LogP contribution is -2.31. The van der Waals surface area contributed by atoms with Crippen molar-refractivity contribution in [1.82, 2.24) is 4.57 Å². The Balaban J connectivity index is 1.94. The second kappa shape index (κ2) is 8.25. The number of hydrogen-bond donors (Lipinski definition) is 4. The first-order valence-corrected chi connectivity index (χ1v) is 10.5. The van der Waals surface area contributed by atoms with Gasteiger partial charge in [0.2, 0.25) is 0 Å². The maximum absolute atomic E-state index is 14.3. The molecule has 1 aliphatic carbocycles. The third kappa shape index (κ3) is 4.52. The molecule has 1 aliphatic rings. The average molecular weight is 424 g/mol. The molecule has 0 radical (unpaired) electrons. The molecule has 0 bridgehead atoms. The Morgan fingerprint density at radius 3 is 2.55 bits per heavy atom. The largest absolute Gasteiger partial charge is 0.394 e. The Morgan fingerprint density at radius 2 is 1.97 bits per heavy atom. The van der Waals surface area contributed by atoms with Crippen LogP contribution in [0, 0.1) is 19.7 Å². The van der Waals surface area contributed by atoms with Crippen LogP contribution in [0.15, 0.2) is 29.1 Å². The molecule has 1 fully saturated rings. The fraction of sp³-hybridized carbons (Fsp3) is 0.450. The zero-order valence-corrected chi connectivity index (χ0v) is 17.5. The molecule has 3 rings (SSSR count). The van der Waals surface area contributed by atoms with Gasteiger partial charge in [0.15, 0.2) is 0 Å². The van der Waals surface area contributed by atoms with E-state index in [1.54, 1.807) is 39.1 Å². The van der Waals surface area contributed by atoms with E-state index in [4.69, 9.17) is 5.11 Å². The van der Waals surface area contributed by atoms with Crippen molar-refractivity contribution in [3.8, 4) is 0 Å². The van der Waals surface area contributed by atoms with Crippen LogP contribution in [0.4, 0.5) is 21.6 Å². The van der Waals surface area contributed by atoms with Crippen LogP contribution in [-0.4, -0.2) is 36.4 Å². The van der Waals surface area contributed by atoms with Gasteiger partial charge in [0.1, 0.15) is 22.6 Å². The highest BCUT2D eigenvalue weighted by Crippen LogP contribution is 2.46. The van der Waals surface area contributed by atoms with Crippen molar-refractivity contribution >= 4 is 28.2 Å². The minimum absolute atomic E-state index is 0.195. The molecule has 0 spiro atoms. The quantitative estimate of drug-likeness (QED) is 0.521. The molecule has 158 valence electrons. The lowest BCUT2D eigenvalue weighted by Gasteiger charge is -2.22. The maximum atomic E-state index is 14.3. The summed E-state index contributed by atoms with van der Waals surface area (Å²) in [7, 11) is -0.00727. The summed E-state index contributed by atoms with van der Waals surface area (Å²) in [6.07, 6.45) is 0.584. The van der Waals surface area contributed by atoms with E-state index in [-0.39, 0.29) is 23.5 Å². The van der Waals surface area contributed by atoms with E-state index in [2.05, 4.69) is 10.0 Å². The third-order valence-electron chi connectivity index (χ3n) is 5.19. The summed E-state index contributed by atoms with van der Waals surface area (Å²) in [5, 5.41) is 21.8. The lowest BCUT2D eigenvalue weighted by molar-refractivity contribution is 0.0862. The van der Waals surface area contributed by atoms with Crippen molar-refractivity contribution in [2.24, 2.45) is 7.05 Å². The van der Waals surface area contributed by atoms with Gasteiger partial charge in [-0.25, -0.2) is 8.60 Å². The molecule has 9 heteroatoms. The van der Waals surface area contributed by atoms with Crippen molar-refractivity contribution in [2.45, 2.75) is 44.0 Å². The van der Waals surface area contributed by atoms with E-state index in [0.717, 1.165) is 5.56 Å². The molecule has 29 heavy (non-hydrogen) atoms. The number of anilines is 3. The highest BCUT2D eigenvalue weighted by atomic mass is 32.2. The smallest absolute Gasteiger partial charge is 0.254 e. The van der Waals surface area contributed by atoms with Crippen LogP contribution >= 0.6 is 0 Å². The Morgan fingerprint density at radius 1 is 1.28 bits per heavy atom. The van der Waals surface area contributed by atoms with Crippen LogP contribution in [0.5, 0.6) is 0 Å². The van der Waals surface area contributed by atoms with E-state index >= 15 is 0 Å². The molecule has 2 unspecified atom stereocenters. The minimum Gasteiger partial charge on any atom is -0.394 e. The summed E-state index contributed by atoms with van der Waals surface area (Å²) in [4.78, 5) is 12.4. The topological polar surface area (TPSA) is 104 Å². The summed E-state index contributed by atoms with van der Waals surface area (Å²) >= 11 is 0. The number of aromatic nitrogens is 1. The number of hydrogen-bond acceptors (Lipinski definition) is 5. The maximum Gasteiger partial charge on any atom is 0.254 e. The highest BCUT2D eigenvalue weighted by molar-refractivity contribution is 7.88. The van der Waals surface area contributed by atoms with E-state index in [0.29, 0.717) is 24.1 Å². The predicted molar refractivity (Wildman–Crippen MR) is 112 cm³/mol. The van der Waals surface area contributed by atoms with Crippen molar-refractivity contribution in [3.05, 3.63) is 51.6 Å². The first-order valence-electron chi connectivity index (χ1n) is 9.38. The Hall–Kier alpha value is -2.23. The van der Waals surface area contributed by atoms with Crippen LogP contribution < -0.4 is 15.6 Å². The lowest BCUT2D eigenvalue weighted by atomic mass is 10.2. The molecule has 4 N–H and O–H groups in total. The zero-order chi connectivity index (χ0) is 21.3. The summed E-state index contributed by atoms with van der Waals surface area (Å²) < 4.78 is 31.0. The number of benzene rings is 1. The van der Waals surface area contributed by atoms with E-state index < -0.39 is 34.3 Å². The molecule has 7 nitrogen and oxygen atoms in total. The molecular formula is C20H26FN3O4S. The molecule has 0 saturated heterocycles. The first-order chi connectivity index (χ1) is 13.7. The van der Waals surface area contributed by atoms with Crippen LogP contribution in [0.3, 0.4) is 0 Å². The number of halogens is 1. The van der Waals surface area contributed by atoms with Gasteiger partial charge in [-0.2, -0.15) is 0 Å². The standard InChI is InChI=1S/C20H26FN3O4S/c1-12-4-5-16(15(21)8-12)22-18-17(9-13(2)19(27)24(18)3)23-29(28)20(6-7-20)10-14(26)11-25/h4-5,8-9,14,22-23,25-26H,6-7,10-11H2,1-3H3. The van der Waals surface area contributed by atoms with Gasteiger partial charge >= 0.3 is 0 Å². The monoisotopic (exact) mass is 423 g/mol. The first kappa shape index (κ1) is 21.5. The van der Waals surface area contributed by atoms with Gasteiger partial charge < -0.3 is 20.3 Å². The third-order valence-corrected chi connectivity index (χ3v) is 6.96. The number of aliphatic hydroxyl groups is 2. The van der Waals surface area contributed by atoms with Crippen LogP contribution in [0.25, 0.3) is 0 Å². The van der Waals surface area contributed by atoms with Crippen molar-refractivity contribution < 1.29 is 18.8 Å². The Labute approximate surface area is 171 Å². The number of pyridine rings is 1. The normalized spacial score (nSPS) is 16.9.